The van der Waals surface area contributed by atoms with Gasteiger partial charge in [-0.2, -0.15) is 0 Å². The predicted molar refractivity (Wildman–Crippen MR) is 95.3 cm³/mol. The first-order valence-corrected chi connectivity index (χ1v) is 8.20. The first-order chi connectivity index (χ1) is 13.1. The van der Waals surface area contributed by atoms with Gasteiger partial charge in [-0.25, -0.2) is 4.39 Å². The minimum absolute atomic E-state index is 0.0434. The van der Waals surface area contributed by atoms with Crippen LogP contribution in [-0.4, -0.2) is 36.9 Å². The number of benzene rings is 2. The third-order valence-corrected chi connectivity index (χ3v) is 3.87. The molecule has 0 aliphatic carbocycles. The summed E-state index contributed by atoms with van der Waals surface area (Å²) in [5.74, 6) is -0.0320. The van der Waals surface area contributed by atoms with Gasteiger partial charge in [0, 0.05) is 6.54 Å². The van der Waals surface area contributed by atoms with Crippen molar-refractivity contribution in [2.75, 3.05) is 20.8 Å². The van der Waals surface area contributed by atoms with Gasteiger partial charge in [0.15, 0.2) is 11.5 Å². The minimum atomic E-state index is -0.523. The summed E-state index contributed by atoms with van der Waals surface area (Å²) in [6.07, 6.45) is 0.570. The van der Waals surface area contributed by atoms with Crippen molar-refractivity contribution in [2.45, 2.75) is 6.42 Å². The number of carbonyl (C=O) groups is 1. The maximum Gasteiger partial charge on any atom is 0.308 e. The molecule has 0 aliphatic rings. The van der Waals surface area contributed by atoms with Crippen LogP contribution in [0.1, 0.15) is 16.2 Å². The molecule has 1 heterocycles. The van der Waals surface area contributed by atoms with Crippen LogP contribution in [-0.2, 0) is 6.42 Å². The van der Waals surface area contributed by atoms with Crippen molar-refractivity contribution in [1.29, 1.82) is 0 Å². The van der Waals surface area contributed by atoms with E-state index in [2.05, 4.69) is 15.5 Å². The molecule has 0 radical (unpaired) electrons. The third kappa shape index (κ3) is 4.22. The second-order valence-electron chi connectivity index (χ2n) is 5.59. The summed E-state index contributed by atoms with van der Waals surface area (Å²) in [5, 5.41) is 10.1. The van der Waals surface area contributed by atoms with Crippen molar-refractivity contribution in [3.8, 4) is 23.0 Å². The highest BCUT2D eigenvalue weighted by Gasteiger charge is 2.17. The molecular formula is C19H18FN3O4. The van der Waals surface area contributed by atoms with E-state index >= 15 is 0 Å². The molecule has 0 unspecified atom stereocenters. The van der Waals surface area contributed by atoms with E-state index in [1.807, 2.05) is 12.1 Å². The molecule has 0 fully saturated rings. The fraction of sp³-hybridized carbons (Fsp3) is 0.211. The zero-order valence-electron chi connectivity index (χ0n) is 14.9. The molecule has 1 aromatic heterocycles. The summed E-state index contributed by atoms with van der Waals surface area (Å²) in [6, 6.07) is 11.5. The van der Waals surface area contributed by atoms with Gasteiger partial charge in [-0.1, -0.05) is 18.2 Å². The van der Waals surface area contributed by atoms with E-state index in [0.717, 1.165) is 5.56 Å². The van der Waals surface area contributed by atoms with E-state index in [1.165, 1.54) is 12.1 Å². The lowest BCUT2D eigenvalue weighted by Gasteiger charge is -2.09. The molecule has 7 nitrogen and oxygen atoms in total. The summed E-state index contributed by atoms with van der Waals surface area (Å²) in [4.78, 5) is 12.1. The number of methoxy groups -OCH3 is 2. The largest absolute Gasteiger partial charge is 0.493 e. The van der Waals surface area contributed by atoms with Crippen LogP contribution in [0.2, 0.25) is 0 Å². The number of hydrogen-bond acceptors (Lipinski definition) is 6. The van der Waals surface area contributed by atoms with E-state index in [0.29, 0.717) is 24.5 Å². The molecule has 2 aromatic carbocycles. The number of rotatable bonds is 7. The van der Waals surface area contributed by atoms with E-state index in [4.69, 9.17) is 13.9 Å². The first-order valence-electron chi connectivity index (χ1n) is 8.20. The Morgan fingerprint density at radius 2 is 1.89 bits per heavy atom. The van der Waals surface area contributed by atoms with E-state index < -0.39 is 11.7 Å². The second-order valence-corrected chi connectivity index (χ2v) is 5.59. The molecule has 1 amide bonds. The number of nitrogens with one attached hydrogen (secondary N) is 1. The molecular weight excluding hydrogens is 353 g/mol. The Hall–Kier alpha value is -3.42. The van der Waals surface area contributed by atoms with Crippen LogP contribution < -0.4 is 14.8 Å². The van der Waals surface area contributed by atoms with Crippen LogP contribution in [0, 0.1) is 5.82 Å². The van der Waals surface area contributed by atoms with Crippen LogP contribution in [0.25, 0.3) is 11.5 Å². The molecule has 3 rings (SSSR count). The number of halogens is 1. The fourth-order valence-electron chi connectivity index (χ4n) is 2.49. The van der Waals surface area contributed by atoms with Gasteiger partial charge >= 0.3 is 11.8 Å². The quantitative estimate of drug-likeness (QED) is 0.687. The molecule has 0 spiro atoms. The second kappa shape index (κ2) is 8.31. The zero-order chi connectivity index (χ0) is 19.2. The van der Waals surface area contributed by atoms with Crippen LogP contribution in [0.15, 0.2) is 46.9 Å². The zero-order valence-corrected chi connectivity index (χ0v) is 14.9. The monoisotopic (exact) mass is 371 g/mol. The van der Waals surface area contributed by atoms with Crippen molar-refractivity contribution in [3.05, 3.63) is 59.7 Å². The third-order valence-electron chi connectivity index (χ3n) is 3.87. The molecule has 3 aromatic rings. The van der Waals surface area contributed by atoms with Gasteiger partial charge in [0.05, 0.1) is 19.8 Å². The number of ether oxygens (including phenoxy) is 2. The summed E-state index contributed by atoms with van der Waals surface area (Å²) in [5.41, 5.74) is 1.11. The molecule has 0 aliphatic heterocycles. The molecule has 0 atom stereocenters. The number of hydrogen-bond donors (Lipinski definition) is 1. The van der Waals surface area contributed by atoms with Crippen molar-refractivity contribution in [1.82, 2.24) is 15.5 Å². The van der Waals surface area contributed by atoms with Gasteiger partial charge in [0.25, 0.3) is 5.89 Å². The van der Waals surface area contributed by atoms with Gasteiger partial charge in [-0.15, -0.1) is 10.2 Å². The normalized spacial score (nSPS) is 10.5. The van der Waals surface area contributed by atoms with E-state index in [1.54, 1.807) is 32.4 Å². The average molecular weight is 371 g/mol. The standard InChI is InChI=1S/C19H18FN3O4/c1-25-15-8-7-12(11-16(15)26-2)9-10-21-17(24)19-23-22-18(27-19)13-5-3-4-6-14(13)20/h3-8,11H,9-10H2,1-2H3,(H,21,24). The summed E-state index contributed by atoms with van der Waals surface area (Å²) >= 11 is 0. The van der Waals surface area contributed by atoms with E-state index in [9.17, 15) is 9.18 Å². The van der Waals surface area contributed by atoms with Crippen molar-refractivity contribution < 1.29 is 23.1 Å². The maximum absolute atomic E-state index is 13.7. The highest BCUT2D eigenvalue weighted by molar-refractivity contribution is 5.89. The lowest BCUT2D eigenvalue weighted by molar-refractivity contribution is 0.0920. The Labute approximate surface area is 155 Å². The topological polar surface area (TPSA) is 86.5 Å². The van der Waals surface area contributed by atoms with Gasteiger partial charge in [-0.3, -0.25) is 4.79 Å². The van der Waals surface area contributed by atoms with Crippen LogP contribution >= 0.6 is 0 Å². The molecule has 27 heavy (non-hydrogen) atoms. The molecule has 0 saturated heterocycles. The Kier molecular flexibility index (Phi) is 5.65. The van der Waals surface area contributed by atoms with Gasteiger partial charge in [0.2, 0.25) is 0 Å². The molecule has 0 bridgehead atoms. The van der Waals surface area contributed by atoms with Crippen LogP contribution in [0.3, 0.4) is 0 Å². The number of carbonyl (C=O) groups excluding carboxylic acids is 1. The minimum Gasteiger partial charge on any atom is -0.493 e. The fourth-order valence-corrected chi connectivity index (χ4v) is 2.49. The number of nitrogens with zero attached hydrogens (tertiary/aromatic N) is 2. The highest BCUT2D eigenvalue weighted by atomic mass is 19.1. The SMILES string of the molecule is COc1ccc(CCNC(=O)c2nnc(-c3ccccc3F)o2)cc1OC. The van der Waals surface area contributed by atoms with Crippen LogP contribution in [0.5, 0.6) is 11.5 Å². The lowest BCUT2D eigenvalue weighted by atomic mass is 10.1. The van der Waals surface area contributed by atoms with Gasteiger partial charge < -0.3 is 19.2 Å². The van der Waals surface area contributed by atoms with Gasteiger partial charge in [0.1, 0.15) is 5.82 Å². The predicted octanol–water partition coefficient (Wildman–Crippen LogP) is 2.87. The highest BCUT2D eigenvalue weighted by Crippen LogP contribution is 2.27. The molecule has 8 heteroatoms. The van der Waals surface area contributed by atoms with Crippen molar-refractivity contribution in [2.24, 2.45) is 0 Å². The molecule has 0 saturated carbocycles. The van der Waals surface area contributed by atoms with E-state index in [-0.39, 0.29) is 17.3 Å². The maximum atomic E-state index is 13.7. The van der Waals surface area contributed by atoms with Crippen molar-refractivity contribution in [3.63, 3.8) is 0 Å². The Morgan fingerprint density at radius 1 is 1.11 bits per heavy atom. The average Bonchev–Trinajstić information content (AvgIpc) is 3.18. The Morgan fingerprint density at radius 3 is 2.63 bits per heavy atom. The van der Waals surface area contributed by atoms with Crippen LogP contribution in [0.4, 0.5) is 4.39 Å². The summed E-state index contributed by atoms with van der Waals surface area (Å²) in [7, 11) is 3.13. The lowest BCUT2D eigenvalue weighted by Crippen LogP contribution is -2.26. The Balaban J connectivity index is 1.60. The molecule has 1 N–H and O–H groups in total. The van der Waals surface area contributed by atoms with Gasteiger partial charge in [-0.05, 0) is 36.2 Å². The number of amides is 1. The molecule has 140 valence electrons. The Bertz CT molecular complexity index is 942. The summed E-state index contributed by atoms with van der Waals surface area (Å²) in [6.45, 7) is 0.353. The van der Waals surface area contributed by atoms with Crippen molar-refractivity contribution >= 4 is 5.91 Å². The summed E-state index contributed by atoms with van der Waals surface area (Å²) < 4.78 is 29.5. The first kappa shape index (κ1) is 18.4. The smallest absolute Gasteiger partial charge is 0.308 e. The number of aromatic nitrogens is 2.